The Morgan fingerprint density at radius 3 is 2.12 bits per heavy atom. The van der Waals surface area contributed by atoms with E-state index in [0.717, 1.165) is 16.9 Å². The van der Waals surface area contributed by atoms with Gasteiger partial charge in [-0.15, -0.1) is 0 Å². The zero-order chi connectivity index (χ0) is 16.9. The zero-order valence-electron chi connectivity index (χ0n) is 14.0. The first kappa shape index (κ1) is 16.0. The summed E-state index contributed by atoms with van der Waals surface area (Å²) in [5.74, 6) is 0.0148. The highest BCUT2D eigenvalue weighted by Crippen LogP contribution is 2.24. The Morgan fingerprint density at radius 2 is 1.54 bits per heavy atom. The van der Waals surface area contributed by atoms with Gasteiger partial charge in [0.2, 0.25) is 0 Å². The van der Waals surface area contributed by atoms with E-state index in [1.807, 2.05) is 85.6 Å². The van der Waals surface area contributed by atoms with Crippen molar-refractivity contribution in [3.63, 3.8) is 0 Å². The van der Waals surface area contributed by atoms with Gasteiger partial charge in [0, 0.05) is 24.8 Å². The molecule has 4 heteroatoms. The Labute approximate surface area is 142 Å². The van der Waals surface area contributed by atoms with Crippen LogP contribution in [0.2, 0.25) is 0 Å². The standard InChI is InChI=1S/C20H21N3O/c1-3-22(4-2)20(24)18-15-23(17-13-9-6-10-14-17)21-19(18)16-11-7-5-8-12-16/h5-15H,3-4H2,1-2H3. The Morgan fingerprint density at radius 1 is 0.958 bits per heavy atom. The number of hydrogen-bond acceptors (Lipinski definition) is 2. The molecule has 0 bridgehead atoms. The van der Waals surface area contributed by atoms with Crippen molar-refractivity contribution in [2.75, 3.05) is 13.1 Å². The molecule has 1 amide bonds. The van der Waals surface area contributed by atoms with E-state index in [2.05, 4.69) is 0 Å². The van der Waals surface area contributed by atoms with E-state index in [0.29, 0.717) is 18.7 Å². The van der Waals surface area contributed by atoms with Gasteiger partial charge in [-0.05, 0) is 26.0 Å². The molecule has 1 aromatic heterocycles. The largest absolute Gasteiger partial charge is 0.339 e. The highest BCUT2D eigenvalue weighted by atomic mass is 16.2. The maximum atomic E-state index is 12.9. The fraction of sp³-hybridized carbons (Fsp3) is 0.200. The fourth-order valence-electron chi connectivity index (χ4n) is 2.73. The molecule has 0 aliphatic rings. The van der Waals surface area contributed by atoms with E-state index in [9.17, 15) is 4.79 Å². The number of rotatable bonds is 5. The first-order valence-electron chi connectivity index (χ1n) is 8.24. The fourth-order valence-corrected chi connectivity index (χ4v) is 2.73. The zero-order valence-corrected chi connectivity index (χ0v) is 14.0. The number of para-hydroxylation sites is 1. The topological polar surface area (TPSA) is 38.1 Å². The van der Waals surface area contributed by atoms with Crippen molar-refractivity contribution in [2.24, 2.45) is 0 Å². The smallest absolute Gasteiger partial charge is 0.257 e. The van der Waals surface area contributed by atoms with E-state index in [1.165, 1.54) is 0 Å². The molecule has 1 heterocycles. The molecule has 3 aromatic rings. The van der Waals surface area contributed by atoms with E-state index in [1.54, 1.807) is 4.68 Å². The minimum Gasteiger partial charge on any atom is -0.339 e. The first-order valence-corrected chi connectivity index (χ1v) is 8.24. The Balaban J connectivity index is 2.12. The number of carbonyl (C=O) groups is 1. The maximum absolute atomic E-state index is 12.9. The van der Waals surface area contributed by atoms with Gasteiger partial charge in [0.1, 0.15) is 5.69 Å². The molecule has 0 aliphatic carbocycles. The van der Waals surface area contributed by atoms with Crippen LogP contribution in [-0.2, 0) is 0 Å². The molecule has 0 radical (unpaired) electrons. The van der Waals surface area contributed by atoms with Gasteiger partial charge in [0.15, 0.2) is 0 Å². The number of benzene rings is 2. The number of amides is 1. The molecule has 0 N–H and O–H groups in total. The SMILES string of the molecule is CCN(CC)C(=O)c1cn(-c2ccccc2)nc1-c1ccccc1. The van der Waals surface area contributed by atoms with Gasteiger partial charge >= 0.3 is 0 Å². The molecule has 0 atom stereocenters. The third-order valence-electron chi connectivity index (χ3n) is 4.06. The highest BCUT2D eigenvalue weighted by Gasteiger charge is 2.21. The quantitative estimate of drug-likeness (QED) is 0.712. The van der Waals surface area contributed by atoms with Gasteiger partial charge in [0.05, 0.1) is 11.3 Å². The van der Waals surface area contributed by atoms with Crippen LogP contribution in [0.4, 0.5) is 0 Å². The summed E-state index contributed by atoms with van der Waals surface area (Å²) in [6.45, 7) is 5.34. The van der Waals surface area contributed by atoms with Crippen LogP contribution < -0.4 is 0 Å². The van der Waals surface area contributed by atoms with Crippen LogP contribution in [0.5, 0.6) is 0 Å². The van der Waals surface area contributed by atoms with Gasteiger partial charge in [-0.1, -0.05) is 48.5 Å². The molecule has 3 rings (SSSR count). The third kappa shape index (κ3) is 3.08. The number of hydrogen-bond donors (Lipinski definition) is 0. The second-order valence-corrected chi connectivity index (χ2v) is 5.51. The highest BCUT2D eigenvalue weighted by molar-refractivity contribution is 5.99. The molecular formula is C20H21N3O. The Kier molecular flexibility index (Phi) is 4.75. The maximum Gasteiger partial charge on any atom is 0.257 e. The van der Waals surface area contributed by atoms with Crippen molar-refractivity contribution >= 4 is 5.91 Å². The summed E-state index contributed by atoms with van der Waals surface area (Å²) in [4.78, 5) is 14.7. The third-order valence-corrected chi connectivity index (χ3v) is 4.06. The predicted molar refractivity (Wildman–Crippen MR) is 96.3 cm³/mol. The Bertz CT molecular complexity index is 805. The van der Waals surface area contributed by atoms with Crippen LogP contribution in [0.1, 0.15) is 24.2 Å². The summed E-state index contributed by atoms with van der Waals surface area (Å²) in [6, 6.07) is 19.7. The van der Waals surface area contributed by atoms with Crippen molar-refractivity contribution in [3.8, 4) is 16.9 Å². The molecule has 0 saturated heterocycles. The first-order chi connectivity index (χ1) is 11.7. The molecular weight excluding hydrogens is 298 g/mol. The molecule has 0 fully saturated rings. The van der Waals surface area contributed by atoms with E-state index in [-0.39, 0.29) is 5.91 Å². The van der Waals surface area contributed by atoms with Gasteiger partial charge in [-0.3, -0.25) is 4.79 Å². The molecule has 122 valence electrons. The van der Waals surface area contributed by atoms with Crippen LogP contribution in [0.25, 0.3) is 16.9 Å². The monoisotopic (exact) mass is 319 g/mol. The second kappa shape index (κ2) is 7.13. The second-order valence-electron chi connectivity index (χ2n) is 5.51. The Hall–Kier alpha value is -2.88. The summed E-state index contributed by atoms with van der Waals surface area (Å²) in [7, 11) is 0. The molecule has 0 aliphatic heterocycles. The summed E-state index contributed by atoms with van der Waals surface area (Å²) in [6.07, 6.45) is 1.83. The number of nitrogens with zero attached hydrogens (tertiary/aromatic N) is 3. The lowest BCUT2D eigenvalue weighted by Crippen LogP contribution is -2.30. The van der Waals surface area contributed by atoms with Crippen LogP contribution in [0.3, 0.4) is 0 Å². The summed E-state index contributed by atoms with van der Waals surface area (Å²) >= 11 is 0. The average Bonchev–Trinajstić information content (AvgIpc) is 3.09. The van der Waals surface area contributed by atoms with Gasteiger partial charge < -0.3 is 4.90 Å². The molecule has 4 nitrogen and oxygen atoms in total. The van der Waals surface area contributed by atoms with Gasteiger partial charge in [0.25, 0.3) is 5.91 Å². The van der Waals surface area contributed by atoms with Crippen LogP contribution in [0.15, 0.2) is 66.9 Å². The molecule has 0 saturated carbocycles. The number of carbonyl (C=O) groups excluding carboxylic acids is 1. The summed E-state index contributed by atoms with van der Waals surface area (Å²) in [5.41, 5.74) is 3.24. The van der Waals surface area contributed by atoms with E-state index in [4.69, 9.17) is 5.10 Å². The van der Waals surface area contributed by atoms with Crippen LogP contribution in [0, 0.1) is 0 Å². The van der Waals surface area contributed by atoms with Crippen molar-refractivity contribution < 1.29 is 4.79 Å². The lowest BCUT2D eigenvalue weighted by atomic mass is 10.1. The normalized spacial score (nSPS) is 10.6. The lowest BCUT2D eigenvalue weighted by molar-refractivity contribution is 0.0773. The van der Waals surface area contributed by atoms with Gasteiger partial charge in [-0.2, -0.15) is 5.10 Å². The van der Waals surface area contributed by atoms with Gasteiger partial charge in [-0.25, -0.2) is 4.68 Å². The molecule has 24 heavy (non-hydrogen) atoms. The van der Waals surface area contributed by atoms with Crippen molar-refractivity contribution in [1.29, 1.82) is 0 Å². The van der Waals surface area contributed by atoms with E-state index < -0.39 is 0 Å². The summed E-state index contributed by atoms with van der Waals surface area (Å²) in [5, 5.41) is 4.69. The molecule has 0 spiro atoms. The summed E-state index contributed by atoms with van der Waals surface area (Å²) < 4.78 is 1.78. The minimum atomic E-state index is 0.0148. The van der Waals surface area contributed by atoms with E-state index >= 15 is 0 Å². The van der Waals surface area contributed by atoms with Crippen molar-refractivity contribution in [2.45, 2.75) is 13.8 Å². The van der Waals surface area contributed by atoms with Crippen molar-refractivity contribution in [3.05, 3.63) is 72.4 Å². The minimum absolute atomic E-state index is 0.0148. The average molecular weight is 319 g/mol. The lowest BCUT2D eigenvalue weighted by Gasteiger charge is -2.18. The molecule has 2 aromatic carbocycles. The number of aromatic nitrogens is 2. The van der Waals surface area contributed by atoms with Crippen LogP contribution in [-0.4, -0.2) is 33.7 Å². The van der Waals surface area contributed by atoms with Crippen LogP contribution >= 0.6 is 0 Å². The van der Waals surface area contributed by atoms with Crippen molar-refractivity contribution in [1.82, 2.24) is 14.7 Å². The predicted octanol–water partition coefficient (Wildman–Crippen LogP) is 4.02. The molecule has 0 unspecified atom stereocenters.